The molecule has 0 unspecified atom stereocenters. The standard InChI is InChI=1S/C30H38N2O3/c1-4-6-8-9-10-11-24-12-14-25(15-13-24)26-16-18-27(19-17-26)29-31-21-28(22-32-29)35-30(33)23(3)34-20-7-5-2/h12-19,21-23H,4-11,20H2,1-3H3/t23-/m0/s1. The molecule has 0 aliphatic rings. The van der Waals surface area contributed by atoms with E-state index in [1.807, 2.05) is 12.1 Å². The Morgan fingerprint density at radius 1 is 0.771 bits per heavy atom. The molecule has 1 atom stereocenters. The van der Waals surface area contributed by atoms with Crippen LogP contribution in [0.1, 0.15) is 71.3 Å². The zero-order chi connectivity index (χ0) is 24.9. The number of ether oxygens (including phenoxy) is 2. The van der Waals surface area contributed by atoms with Gasteiger partial charge in [-0.05, 0) is 42.9 Å². The fraction of sp³-hybridized carbons (Fsp3) is 0.433. The summed E-state index contributed by atoms with van der Waals surface area (Å²) in [5.74, 6) is 0.457. The van der Waals surface area contributed by atoms with Crippen LogP contribution in [0, 0.1) is 0 Å². The number of carbonyl (C=O) groups excluding carboxylic acids is 1. The van der Waals surface area contributed by atoms with Crippen molar-refractivity contribution in [3.63, 3.8) is 0 Å². The van der Waals surface area contributed by atoms with Crippen molar-refractivity contribution in [2.75, 3.05) is 6.61 Å². The van der Waals surface area contributed by atoms with E-state index in [2.05, 4.69) is 60.2 Å². The predicted octanol–water partition coefficient (Wildman–Crippen LogP) is 7.43. The van der Waals surface area contributed by atoms with E-state index in [0.29, 0.717) is 18.2 Å². The van der Waals surface area contributed by atoms with Crippen molar-refractivity contribution in [2.45, 2.75) is 78.2 Å². The zero-order valence-electron chi connectivity index (χ0n) is 21.3. The number of carbonyl (C=O) groups is 1. The molecule has 35 heavy (non-hydrogen) atoms. The summed E-state index contributed by atoms with van der Waals surface area (Å²) in [7, 11) is 0. The monoisotopic (exact) mass is 474 g/mol. The Kier molecular flexibility index (Phi) is 10.9. The van der Waals surface area contributed by atoms with Crippen LogP contribution in [0.3, 0.4) is 0 Å². The van der Waals surface area contributed by atoms with Crippen molar-refractivity contribution in [1.82, 2.24) is 9.97 Å². The third-order valence-corrected chi connectivity index (χ3v) is 6.04. The van der Waals surface area contributed by atoms with Gasteiger partial charge >= 0.3 is 5.97 Å². The second kappa shape index (κ2) is 14.4. The minimum Gasteiger partial charge on any atom is -0.421 e. The van der Waals surface area contributed by atoms with Gasteiger partial charge in [-0.25, -0.2) is 14.8 Å². The molecule has 0 N–H and O–H groups in total. The number of benzene rings is 2. The van der Waals surface area contributed by atoms with Gasteiger partial charge in [0.2, 0.25) is 0 Å². The summed E-state index contributed by atoms with van der Waals surface area (Å²) in [4.78, 5) is 20.9. The summed E-state index contributed by atoms with van der Waals surface area (Å²) < 4.78 is 10.8. The first-order valence-corrected chi connectivity index (χ1v) is 13.0. The average molecular weight is 475 g/mol. The Morgan fingerprint density at radius 3 is 1.97 bits per heavy atom. The lowest BCUT2D eigenvalue weighted by molar-refractivity contribution is -0.146. The maximum absolute atomic E-state index is 12.1. The van der Waals surface area contributed by atoms with E-state index in [9.17, 15) is 4.79 Å². The van der Waals surface area contributed by atoms with Crippen molar-refractivity contribution in [2.24, 2.45) is 0 Å². The number of unbranched alkanes of at least 4 members (excludes halogenated alkanes) is 5. The largest absolute Gasteiger partial charge is 0.421 e. The number of hydrogen-bond donors (Lipinski definition) is 0. The van der Waals surface area contributed by atoms with Crippen molar-refractivity contribution in [3.8, 4) is 28.3 Å². The van der Waals surface area contributed by atoms with E-state index in [0.717, 1.165) is 30.4 Å². The summed E-state index contributed by atoms with van der Waals surface area (Å²) >= 11 is 0. The molecule has 0 aliphatic carbocycles. The van der Waals surface area contributed by atoms with Gasteiger partial charge in [-0.15, -0.1) is 0 Å². The summed E-state index contributed by atoms with van der Waals surface area (Å²) in [5, 5.41) is 0. The predicted molar refractivity (Wildman–Crippen MR) is 141 cm³/mol. The SMILES string of the molecule is CCCCCCCc1ccc(-c2ccc(-c3ncc(OC(=O)[C@H](C)OCCCC)cn3)cc2)cc1. The van der Waals surface area contributed by atoms with Crippen molar-refractivity contribution >= 4 is 5.97 Å². The summed E-state index contributed by atoms with van der Waals surface area (Å²) in [6, 6.07) is 17.1. The Bertz CT molecular complexity index is 1010. The molecule has 186 valence electrons. The molecule has 0 saturated carbocycles. The van der Waals surface area contributed by atoms with Crippen LogP contribution >= 0.6 is 0 Å². The lowest BCUT2D eigenvalue weighted by Crippen LogP contribution is -2.26. The highest BCUT2D eigenvalue weighted by Gasteiger charge is 2.16. The molecule has 0 bridgehead atoms. The van der Waals surface area contributed by atoms with Crippen molar-refractivity contribution in [3.05, 3.63) is 66.5 Å². The van der Waals surface area contributed by atoms with Gasteiger partial charge in [-0.1, -0.05) is 94.5 Å². The van der Waals surface area contributed by atoms with Crippen LogP contribution in [-0.4, -0.2) is 28.6 Å². The van der Waals surface area contributed by atoms with Crippen LogP contribution in [0.5, 0.6) is 5.75 Å². The summed E-state index contributed by atoms with van der Waals surface area (Å²) in [5.41, 5.74) is 4.67. The Balaban J connectivity index is 1.53. The lowest BCUT2D eigenvalue weighted by Gasteiger charge is -2.12. The summed E-state index contributed by atoms with van der Waals surface area (Å²) in [6.07, 6.45) is 12.0. The zero-order valence-corrected chi connectivity index (χ0v) is 21.3. The Hall–Kier alpha value is -3.05. The van der Waals surface area contributed by atoms with Gasteiger partial charge in [0.05, 0.1) is 12.4 Å². The van der Waals surface area contributed by atoms with Crippen LogP contribution in [0.4, 0.5) is 0 Å². The number of aromatic nitrogens is 2. The van der Waals surface area contributed by atoms with Gasteiger partial charge in [0.1, 0.15) is 0 Å². The average Bonchev–Trinajstić information content (AvgIpc) is 2.89. The minimum absolute atomic E-state index is 0.312. The van der Waals surface area contributed by atoms with Crippen LogP contribution in [0.25, 0.3) is 22.5 Å². The number of hydrogen-bond acceptors (Lipinski definition) is 5. The van der Waals surface area contributed by atoms with E-state index in [1.54, 1.807) is 6.92 Å². The molecule has 0 amide bonds. The fourth-order valence-corrected chi connectivity index (χ4v) is 3.80. The quantitative estimate of drug-likeness (QED) is 0.179. The molecule has 1 aromatic heterocycles. The molecular weight excluding hydrogens is 436 g/mol. The molecule has 0 saturated heterocycles. The van der Waals surface area contributed by atoms with E-state index < -0.39 is 12.1 Å². The number of esters is 1. The van der Waals surface area contributed by atoms with Gasteiger partial charge < -0.3 is 9.47 Å². The molecule has 0 radical (unpaired) electrons. The molecule has 3 rings (SSSR count). The first-order valence-electron chi connectivity index (χ1n) is 13.0. The second-order valence-corrected chi connectivity index (χ2v) is 8.97. The number of rotatable bonds is 14. The van der Waals surface area contributed by atoms with E-state index >= 15 is 0 Å². The molecule has 0 aliphatic heterocycles. The molecule has 2 aromatic carbocycles. The first kappa shape index (κ1) is 26.6. The van der Waals surface area contributed by atoms with Crippen LogP contribution in [-0.2, 0) is 16.0 Å². The third kappa shape index (κ3) is 8.59. The number of nitrogens with zero attached hydrogens (tertiary/aromatic N) is 2. The second-order valence-electron chi connectivity index (χ2n) is 8.97. The first-order chi connectivity index (χ1) is 17.1. The molecule has 0 fully saturated rings. The van der Waals surface area contributed by atoms with Gasteiger partial charge in [0, 0.05) is 12.2 Å². The van der Waals surface area contributed by atoms with E-state index in [-0.39, 0.29) is 0 Å². The lowest BCUT2D eigenvalue weighted by atomic mass is 10.00. The summed E-state index contributed by atoms with van der Waals surface area (Å²) in [6.45, 7) is 6.56. The van der Waals surface area contributed by atoms with Crippen LogP contribution in [0.15, 0.2) is 60.9 Å². The molecule has 5 nitrogen and oxygen atoms in total. The van der Waals surface area contributed by atoms with Crippen LogP contribution < -0.4 is 4.74 Å². The maximum atomic E-state index is 12.1. The maximum Gasteiger partial charge on any atom is 0.340 e. The normalized spacial score (nSPS) is 11.9. The molecule has 5 heteroatoms. The third-order valence-electron chi connectivity index (χ3n) is 6.04. The highest BCUT2D eigenvalue weighted by atomic mass is 16.6. The minimum atomic E-state index is -0.617. The van der Waals surface area contributed by atoms with Gasteiger partial charge in [-0.3, -0.25) is 0 Å². The highest BCUT2D eigenvalue weighted by molar-refractivity contribution is 5.76. The topological polar surface area (TPSA) is 61.3 Å². The molecule has 1 heterocycles. The van der Waals surface area contributed by atoms with Gasteiger partial charge in [-0.2, -0.15) is 0 Å². The van der Waals surface area contributed by atoms with Crippen molar-refractivity contribution in [1.29, 1.82) is 0 Å². The highest BCUT2D eigenvalue weighted by Crippen LogP contribution is 2.24. The van der Waals surface area contributed by atoms with E-state index in [4.69, 9.17) is 9.47 Å². The van der Waals surface area contributed by atoms with Gasteiger partial charge in [0.25, 0.3) is 0 Å². The Morgan fingerprint density at radius 2 is 1.34 bits per heavy atom. The number of aryl methyl sites for hydroxylation is 1. The molecular formula is C30H38N2O3. The smallest absolute Gasteiger partial charge is 0.340 e. The van der Waals surface area contributed by atoms with Crippen LogP contribution in [0.2, 0.25) is 0 Å². The molecule has 0 spiro atoms. The van der Waals surface area contributed by atoms with Crippen molar-refractivity contribution < 1.29 is 14.3 Å². The Labute approximate surface area is 209 Å². The molecule has 3 aromatic rings. The van der Waals surface area contributed by atoms with Gasteiger partial charge in [0.15, 0.2) is 17.7 Å². The van der Waals surface area contributed by atoms with E-state index in [1.165, 1.54) is 55.6 Å². The fourth-order valence-electron chi connectivity index (χ4n) is 3.80.